The molecule has 116 valence electrons. The molecular weight excluding hydrogens is 360 g/mol. The molecule has 0 radical (unpaired) electrons. The van der Waals surface area contributed by atoms with E-state index in [-0.39, 0.29) is 16.7 Å². The summed E-state index contributed by atoms with van der Waals surface area (Å²) in [5.41, 5.74) is 0.948. The van der Waals surface area contributed by atoms with E-state index >= 15 is 0 Å². The summed E-state index contributed by atoms with van der Waals surface area (Å²) in [4.78, 5) is 14.2. The maximum atomic E-state index is 13.3. The third kappa shape index (κ3) is 3.29. The fourth-order valence-electron chi connectivity index (χ4n) is 2.06. The van der Waals surface area contributed by atoms with Crippen LogP contribution in [0.5, 0.6) is 0 Å². The number of amides is 1. The van der Waals surface area contributed by atoms with Gasteiger partial charge in [-0.25, -0.2) is 8.78 Å². The largest absolute Gasteiger partial charge is 0.270 e. The Morgan fingerprint density at radius 1 is 1.17 bits per heavy atom. The first-order chi connectivity index (χ1) is 11.0. The minimum absolute atomic E-state index is 0.0920. The van der Waals surface area contributed by atoms with Gasteiger partial charge >= 0.3 is 0 Å². The van der Waals surface area contributed by atoms with E-state index in [9.17, 15) is 13.6 Å². The monoisotopic (exact) mass is 367 g/mol. The summed E-state index contributed by atoms with van der Waals surface area (Å²) in [6, 6.07) is 9.83. The van der Waals surface area contributed by atoms with E-state index in [1.165, 1.54) is 35.2 Å². The van der Waals surface area contributed by atoms with Crippen LogP contribution in [-0.2, 0) is 4.79 Å². The summed E-state index contributed by atoms with van der Waals surface area (Å²) in [5, 5.41) is -0.0920. The summed E-state index contributed by atoms with van der Waals surface area (Å²) in [6.45, 7) is 0. The molecule has 1 amide bonds. The number of hydrogen-bond acceptors (Lipinski definition) is 3. The Labute approximate surface area is 145 Å². The van der Waals surface area contributed by atoms with E-state index in [1.807, 2.05) is 0 Å². The Morgan fingerprint density at radius 2 is 1.96 bits per heavy atom. The van der Waals surface area contributed by atoms with Crippen LogP contribution >= 0.6 is 35.6 Å². The molecule has 0 N–H and O–H groups in total. The summed E-state index contributed by atoms with van der Waals surface area (Å²) in [5.74, 6) is -1.32. The highest BCUT2D eigenvalue weighted by molar-refractivity contribution is 8.27. The van der Waals surface area contributed by atoms with Crippen LogP contribution < -0.4 is 4.90 Å². The number of carbonyl (C=O) groups is 1. The lowest BCUT2D eigenvalue weighted by molar-refractivity contribution is -0.113. The molecule has 0 spiro atoms. The number of nitrogens with zero attached hydrogens (tertiary/aromatic N) is 1. The molecule has 1 fully saturated rings. The Kier molecular flexibility index (Phi) is 4.48. The predicted octanol–water partition coefficient (Wildman–Crippen LogP) is 5.02. The Balaban J connectivity index is 1.95. The minimum atomic E-state index is -0.573. The van der Waals surface area contributed by atoms with Gasteiger partial charge in [-0.15, -0.1) is 0 Å². The zero-order valence-corrected chi connectivity index (χ0v) is 13.8. The first-order valence-electron chi connectivity index (χ1n) is 6.44. The molecule has 2 nitrogen and oxygen atoms in total. The van der Waals surface area contributed by atoms with Gasteiger partial charge in [-0.2, -0.15) is 0 Å². The standard InChI is InChI=1S/C16H8ClF2NOS2/c17-12-8-11(4-5-13(12)19)20-15(21)14(23-16(20)22)7-9-2-1-3-10(18)6-9/h1-8H. The molecule has 1 heterocycles. The van der Waals surface area contributed by atoms with Gasteiger partial charge in [-0.3, -0.25) is 9.69 Å². The minimum Gasteiger partial charge on any atom is -0.268 e. The molecule has 1 aliphatic heterocycles. The molecule has 2 aromatic carbocycles. The van der Waals surface area contributed by atoms with Gasteiger partial charge in [0.25, 0.3) is 5.91 Å². The van der Waals surface area contributed by atoms with Crippen LogP contribution in [0.1, 0.15) is 5.56 Å². The van der Waals surface area contributed by atoms with E-state index in [4.69, 9.17) is 23.8 Å². The number of thioether (sulfide) groups is 1. The number of rotatable bonds is 2. The number of halogens is 3. The number of thiocarbonyl (C=S) groups is 1. The molecular formula is C16H8ClF2NOS2. The van der Waals surface area contributed by atoms with Crippen molar-refractivity contribution in [3.63, 3.8) is 0 Å². The first-order valence-corrected chi connectivity index (χ1v) is 8.04. The zero-order valence-electron chi connectivity index (χ0n) is 11.4. The molecule has 0 saturated carbocycles. The van der Waals surface area contributed by atoms with Crippen molar-refractivity contribution in [1.29, 1.82) is 0 Å². The Morgan fingerprint density at radius 3 is 2.65 bits per heavy atom. The third-order valence-corrected chi connectivity index (χ3v) is 4.69. The van der Waals surface area contributed by atoms with Crippen molar-refractivity contribution in [3.8, 4) is 0 Å². The van der Waals surface area contributed by atoms with Crippen LogP contribution in [-0.4, -0.2) is 10.2 Å². The van der Waals surface area contributed by atoms with Gasteiger partial charge in [0, 0.05) is 0 Å². The summed E-state index contributed by atoms with van der Waals surface area (Å²) in [6.07, 6.45) is 1.56. The molecule has 7 heteroatoms. The lowest BCUT2D eigenvalue weighted by Crippen LogP contribution is -2.27. The fraction of sp³-hybridized carbons (Fsp3) is 0. The van der Waals surface area contributed by atoms with Crippen molar-refractivity contribution < 1.29 is 13.6 Å². The summed E-state index contributed by atoms with van der Waals surface area (Å²) in [7, 11) is 0. The molecule has 0 bridgehead atoms. The lowest BCUT2D eigenvalue weighted by atomic mass is 10.2. The second kappa shape index (κ2) is 6.39. The van der Waals surface area contributed by atoms with Crippen molar-refractivity contribution in [1.82, 2.24) is 0 Å². The molecule has 0 aliphatic carbocycles. The summed E-state index contributed by atoms with van der Waals surface area (Å²) < 4.78 is 26.8. The van der Waals surface area contributed by atoms with Gasteiger partial charge in [-0.05, 0) is 42.0 Å². The maximum absolute atomic E-state index is 13.3. The maximum Gasteiger partial charge on any atom is 0.270 e. The van der Waals surface area contributed by atoms with E-state index in [0.29, 0.717) is 20.5 Å². The lowest BCUT2D eigenvalue weighted by Gasteiger charge is -2.14. The number of benzene rings is 2. The highest BCUT2D eigenvalue weighted by Gasteiger charge is 2.33. The van der Waals surface area contributed by atoms with Crippen LogP contribution in [0.15, 0.2) is 47.4 Å². The summed E-state index contributed by atoms with van der Waals surface area (Å²) >= 11 is 12.1. The normalized spacial score (nSPS) is 16.5. The quantitative estimate of drug-likeness (QED) is 0.549. The van der Waals surface area contributed by atoms with Crippen molar-refractivity contribution in [2.24, 2.45) is 0 Å². The van der Waals surface area contributed by atoms with E-state index < -0.39 is 5.82 Å². The van der Waals surface area contributed by atoms with Crippen LogP contribution in [0, 0.1) is 11.6 Å². The second-order valence-corrected chi connectivity index (χ2v) is 6.75. The van der Waals surface area contributed by atoms with Gasteiger partial charge < -0.3 is 0 Å². The van der Waals surface area contributed by atoms with Gasteiger partial charge in [0.05, 0.1) is 15.6 Å². The average molecular weight is 368 g/mol. The van der Waals surface area contributed by atoms with Crippen LogP contribution in [0.2, 0.25) is 5.02 Å². The highest BCUT2D eigenvalue weighted by Crippen LogP contribution is 2.37. The molecule has 0 aromatic heterocycles. The van der Waals surface area contributed by atoms with Gasteiger partial charge in [0.2, 0.25) is 0 Å². The smallest absolute Gasteiger partial charge is 0.268 e. The third-order valence-electron chi connectivity index (χ3n) is 3.10. The topological polar surface area (TPSA) is 20.3 Å². The second-order valence-electron chi connectivity index (χ2n) is 4.67. The predicted molar refractivity (Wildman–Crippen MR) is 93.5 cm³/mol. The Hall–Kier alpha value is -1.76. The van der Waals surface area contributed by atoms with Crippen molar-refractivity contribution >= 4 is 57.6 Å². The molecule has 3 rings (SSSR count). The van der Waals surface area contributed by atoms with Crippen LogP contribution in [0.3, 0.4) is 0 Å². The number of carbonyl (C=O) groups excluding carboxylic acids is 1. The van der Waals surface area contributed by atoms with Crippen molar-refractivity contribution in [3.05, 3.63) is 69.6 Å². The van der Waals surface area contributed by atoms with Crippen molar-refractivity contribution in [2.45, 2.75) is 0 Å². The van der Waals surface area contributed by atoms with E-state index in [2.05, 4.69) is 0 Å². The molecule has 0 atom stereocenters. The van der Waals surface area contributed by atoms with Gasteiger partial charge in [0.15, 0.2) is 4.32 Å². The highest BCUT2D eigenvalue weighted by atomic mass is 35.5. The molecule has 23 heavy (non-hydrogen) atoms. The van der Waals surface area contributed by atoms with Crippen LogP contribution in [0.25, 0.3) is 6.08 Å². The number of anilines is 1. The average Bonchev–Trinajstić information content (AvgIpc) is 2.77. The zero-order chi connectivity index (χ0) is 16.6. The molecule has 2 aromatic rings. The van der Waals surface area contributed by atoms with Gasteiger partial charge in [0.1, 0.15) is 11.6 Å². The molecule has 1 aliphatic rings. The Bertz CT molecular complexity index is 854. The SMILES string of the molecule is O=C1C(=Cc2cccc(F)c2)SC(=S)N1c1ccc(F)c(Cl)c1. The fourth-order valence-corrected chi connectivity index (χ4v) is 3.54. The molecule has 1 saturated heterocycles. The molecule has 0 unspecified atom stereocenters. The number of hydrogen-bond donors (Lipinski definition) is 0. The van der Waals surface area contributed by atoms with Gasteiger partial charge in [-0.1, -0.05) is 47.7 Å². The van der Waals surface area contributed by atoms with Crippen LogP contribution in [0.4, 0.5) is 14.5 Å². The van der Waals surface area contributed by atoms with E-state index in [0.717, 1.165) is 11.8 Å². The van der Waals surface area contributed by atoms with E-state index in [1.54, 1.807) is 18.2 Å². The van der Waals surface area contributed by atoms with Crippen molar-refractivity contribution in [2.75, 3.05) is 4.90 Å². The first kappa shape index (κ1) is 16.1.